The molecule has 0 aliphatic rings. The fourth-order valence-electron chi connectivity index (χ4n) is 1.37. The predicted octanol–water partition coefficient (Wildman–Crippen LogP) is 1.84. The number of nitrogens with zero attached hydrogens (tertiary/aromatic N) is 1. The third-order valence-corrected chi connectivity index (χ3v) is 2.66. The second kappa shape index (κ2) is 6.09. The summed E-state index contributed by atoms with van der Waals surface area (Å²) < 4.78 is 0. The van der Waals surface area contributed by atoms with Crippen LogP contribution in [-0.2, 0) is 4.79 Å². The molecule has 0 aliphatic carbocycles. The van der Waals surface area contributed by atoms with Gasteiger partial charge in [-0.15, -0.1) is 12.3 Å². The normalized spacial score (nSPS) is 12.3. The molecule has 0 aliphatic heterocycles. The predicted molar refractivity (Wildman–Crippen MR) is 59.7 cm³/mol. The standard InChI is InChI=1S/C12H18N2O/c1-5-8-10(4)14-11(15)12(6-2,7-3)9-13/h1,10H,6-8H2,2-4H3,(H,14,15). The molecule has 0 aromatic heterocycles. The van der Waals surface area contributed by atoms with E-state index >= 15 is 0 Å². The zero-order valence-corrected chi connectivity index (χ0v) is 9.63. The van der Waals surface area contributed by atoms with Crippen molar-refractivity contribution < 1.29 is 4.79 Å². The van der Waals surface area contributed by atoms with Gasteiger partial charge >= 0.3 is 0 Å². The van der Waals surface area contributed by atoms with E-state index in [0.717, 1.165) is 0 Å². The van der Waals surface area contributed by atoms with Crippen LogP contribution >= 0.6 is 0 Å². The Morgan fingerprint density at radius 1 is 1.53 bits per heavy atom. The number of nitriles is 1. The average molecular weight is 206 g/mol. The summed E-state index contributed by atoms with van der Waals surface area (Å²) in [5.74, 6) is 2.27. The third kappa shape index (κ3) is 3.29. The van der Waals surface area contributed by atoms with E-state index in [1.165, 1.54) is 0 Å². The molecule has 15 heavy (non-hydrogen) atoms. The first-order valence-electron chi connectivity index (χ1n) is 5.22. The summed E-state index contributed by atoms with van der Waals surface area (Å²) in [6.45, 7) is 5.53. The lowest BCUT2D eigenvalue weighted by molar-refractivity contribution is -0.129. The minimum Gasteiger partial charge on any atom is -0.351 e. The van der Waals surface area contributed by atoms with Gasteiger partial charge in [0, 0.05) is 12.5 Å². The van der Waals surface area contributed by atoms with Crippen LogP contribution in [0.15, 0.2) is 0 Å². The Bertz CT molecular complexity index is 292. The molecule has 82 valence electrons. The number of carbonyl (C=O) groups excluding carboxylic acids is 1. The molecule has 0 saturated carbocycles. The molecule has 0 bridgehead atoms. The number of nitrogens with one attached hydrogen (secondary N) is 1. The van der Waals surface area contributed by atoms with Crippen molar-refractivity contribution in [3.8, 4) is 18.4 Å². The first kappa shape index (κ1) is 13.5. The van der Waals surface area contributed by atoms with Crippen LogP contribution in [-0.4, -0.2) is 11.9 Å². The summed E-state index contributed by atoms with van der Waals surface area (Å²) in [5, 5.41) is 11.8. The van der Waals surface area contributed by atoms with E-state index in [0.29, 0.717) is 19.3 Å². The van der Waals surface area contributed by atoms with Crippen molar-refractivity contribution in [1.82, 2.24) is 5.32 Å². The molecule has 1 amide bonds. The first-order chi connectivity index (χ1) is 7.06. The van der Waals surface area contributed by atoms with Crippen molar-refractivity contribution in [2.24, 2.45) is 5.41 Å². The third-order valence-electron chi connectivity index (χ3n) is 2.66. The maximum atomic E-state index is 11.8. The van der Waals surface area contributed by atoms with Gasteiger partial charge in [0.25, 0.3) is 0 Å². The number of rotatable bonds is 5. The maximum Gasteiger partial charge on any atom is 0.240 e. The lowest BCUT2D eigenvalue weighted by Gasteiger charge is -2.24. The van der Waals surface area contributed by atoms with Crippen LogP contribution in [0.2, 0.25) is 0 Å². The average Bonchev–Trinajstić information content (AvgIpc) is 2.21. The summed E-state index contributed by atoms with van der Waals surface area (Å²) in [6.07, 6.45) is 6.68. The smallest absolute Gasteiger partial charge is 0.240 e. The van der Waals surface area contributed by atoms with E-state index in [1.807, 2.05) is 20.8 Å². The molecular weight excluding hydrogens is 188 g/mol. The van der Waals surface area contributed by atoms with Gasteiger partial charge in [0.15, 0.2) is 0 Å². The lowest BCUT2D eigenvalue weighted by Crippen LogP contribution is -2.43. The Morgan fingerprint density at radius 2 is 2.07 bits per heavy atom. The van der Waals surface area contributed by atoms with Crippen LogP contribution in [0, 0.1) is 29.1 Å². The summed E-state index contributed by atoms with van der Waals surface area (Å²) in [7, 11) is 0. The molecule has 0 aromatic rings. The Hall–Kier alpha value is -1.48. The van der Waals surface area contributed by atoms with Gasteiger partial charge in [-0.1, -0.05) is 13.8 Å². The second-order valence-electron chi connectivity index (χ2n) is 3.68. The van der Waals surface area contributed by atoms with Crippen molar-refractivity contribution >= 4 is 5.91 Å². The molecule has 0 saturated heterocycles. The van der Waals surface area contributed by atoms with Crippen LogP contribution in [0.5, 0.6) is 0 Å². The van der Waals surface area contributed by atoms with Crippen molar-refractivity contribution in [2.75, 3.05) is 0 Å². The molecule has 1 atom stereocenters. The Morgan fingerprint density at radius 3 is 2.40 bits per heavy atom. The quantitative estimate of drug-likeness (QED) is 0.698. The molecule has 3 nitrogen and oxygen atoms in total. The Balaban J connectivity index is 4.56. The minimum atomic E-state index is -0.900. The lowest BCUT2D eigenvalue weighted by atomic mass is 9.83. The highest BCUT2D eigenvalue weighted by Crippen LogP contribution is 2.25. The molecule has 0 rings (SSSR count). The molecule has 0 heterocycles. The van der Waals surface area contributed by atoms with Crippen LogP contribution < -0.4 is 5.32 Å². The molecular formula is C12H18N2O. The maximum absolute atomic E-state index is 11.8. The summed E-state index contributed by atoms with van der Waals surface area (Å²) in [6, 6.07) is 2.02. The highest BCUT2D eigenvalue weighted by molar-refractivity contribution is 5.85. The summed E-state index contributed by atoms with van der Waals surface area (Å²) in [4.78, 5) is 11.8. The SMILES string of the molecule is C#CCC(C)NC(=O)C(C#N)(CC)CC. The molecule has 1 unspecified atom stereocenters. The van der Waals surface area contributed by atoms with Crippen molar-refractivity contribution in [2.45, 2.75) is 46.1 Å². The second-order valence-corrected chi connectivity index (χ2v) is 3.68. The number of amides is 1. The highest BCUT2D eigenvalue weighted by atomic mass is 16.2. The molecule has 0 radical (unpaired) electrons. The van der Waals surface area contributed by atoms with Gasteiger partial charge in [-0.2, -0.15) is 5.26 Å². The van der Waals surface area contributed by atoms with Crippen LogP contribution in [0.25, 0.3) is 0 Å². The first-order valence-corrected chi connectivity index (χ1v) is 5.22. The summed E-state index contributed by atoms with van der Waals surface area (Å²) in [5.41, 5.74) is -0.900. The van der Waals surface area contributed by atoms with Crippen LogP contribution in [0.1, 0.15) is 40.0 Å². The van der Waals surface area contributed by atoms with Crippen LogP contribution in [0.3, 0.4) is 0 Å². The van der Waals surface area contributed by atoms with Gasteiger partial charge in [0.05, 0.1) is 6.07 Å². The van der Waals surface area contributed by atoms with Gasteiger partial charge in [-0.05, 0) is 19.8 Å². The molecule has 0 fully saturated rings. The van der Waals surface area contributed by atoms with Crippen molar-refractivity contribution in [3.63, 3.8) is 0 Å². The van der Waals surface area contributed by atoms with Crippen LogP contribution in [0.4, 0.5) is 0 Å². The van der Waals surface area contributed by atoms with Gasteiger partial charge < -0.3 is 5.32 Å². The Labute approximate surface area is 91.9 Å². The molecule has 0 spiro atoms. The monoisotopic (exact) mass is 206 g/mol. The van der Waals surface area contributed by atoms with Gasteiger partial charge in [0.2, 0.25) is 5.91 Å². The largest absolute Gasteiger partial charge is 0.351 e. The van der Waals surface area contributed by atoms with E-state index in [9.17, 15) is 4.79 Å². The zero-order valence-electron chi connectivity index (χ0n) is 9.63. The Kier molecular flexibility index (Phi) is 5.49. The van der Waals surface area contributed by atoms with E-state index in [-0.39, 0.29) is 11.9 Å². The number of hydrogen-bond donors (Lipinski definition) is 1. The van der Waals surface area contributed by atoms with Gasteiger partial charge in [-0.25, -0.2) is 0 Å². The van der Waals surface area contributed by atoms with E-state index in [2.05, 4.69) is 17.3 Å². The molecule has 0 aromatic carbocycles. The zero-order chi connectivity index (χ0) is 11.9. The summed E-state index contributed by atoms with van der Waals surface area (Å²) >= 11 is 0. The van der Waals surface area contributed by atoms with E-state index in [1.54, 1.807) is 0 Å². The topological polar surface area (TPSA) is 52.9 Å². The van der Waals surface area contributed by atoms with Crippen molar-refractivity contribution in [1.29, 1.82) is 5.26 Å². The van der Waals surface area contributed by atoms with Crippen molar-refractivity contribution in [3.05, 3.63) is 0 Å². The fourth-order valence-corrected chi connectivity index (χ4v) is 1.37. The minimum absolute atomic E-state index is 0.0756. The number of carbonyl (C=O) groups is 1. The fraction of sp³-hybridized carbons (Fsp3) is 0.667. The highest BCUT2D eigenvalue weighted by Gasteiger charge is 2.35. The van der Waals surface area contributed by atoms with Gasteiger partial charge in [0.1, 0.15) is 5.41 Å². The molecule has 1 N–H and O–H groups in total. The number of terminal acetylenes is 1. The molecule has 3 heteroatoms. The van der Waals surface area contributed by atoms with Gasteiger partial charge in [-0.3, -0.25) is 4.79 Å². The van der Waals surface area contributed by atoms with E-state index in [4.69, 9.17) is 11.7 Å². The van der Waals surface area contributed by atoms with E-state index < -0.39 is 5.41 Å². The number of hydrogen-bond acceptors (Lipinski definition) is 2.